The van der Waals surface area contributed by atoms with E-state index in [0.717, 1.165) is 29.1 Å². The SMILES string of the molecule is Cc1cc(C)n2ccc(C(=O)N3CCc4c(nn(C)c4-c4cc(F)c(F)c(F)c4)C3)c2n1. The predicted molar refractivity (Wildman–Crippen MR) is 112 cm³/mol. The Morgan fingerprint density at radius 2 is 1.81 bits per heavy atom. The molecule has 0 fully saturated rings. The van der Waals surface area contributed by atoms with Gasteiger partial charge < -0.3 is 9.30 Å². The van der Waals surface area contributed by atoms with Gasteiger partial charge in [-0.1, -0.05) is 0 Å². The van der Waals surface area contributed by atoms with E-state index in [1.807, 2.05) is 30.5 Å². The molecule has 0 saturated heterocycles. The number of benzene rings is 1. The Morgan fingerprint density at radius 3 is 2.53 bits per heavy atom. The summed E-state index contributed by atoms with van der Waals surface area (Å²) in [5.41, 5.74) is 5.12. The molecule has 0 spiro atoms. The van der Waals surface area contributed by atoms with E-state index < -0.39 is 17.5 Å². The van der Waals surface area contributed by atoms with Crippen molar-refractivity contribution in [2.24, 2.45) is 7.05 Å². The summed E-state index contributed by atoms with van der Waals surface area (Å²) >= 11 is 0. The molecule has 3 aromatic heterocycles. The third-order valence-electron chi connectivity index (χ3n) is 5.92. The number of halogens is 3. The minimum absolute atomic E-state index is 0.151. The maximum absolute atomic E-state index is 13.8. The van der Waals surface area contributed by atoms with E-state index in [0.29, 0.717) is 35.6 Å². The van der Waals surface area contributed by atoms with Crippen molar-refractivity contribution in [2.45, 2.75) is 26.8 Å². The third kappa shape index (κ3) is 3.07. The normalized spacial score (nSPS) is 13.6. The van der Waals surface area contributed by atoms with Gasteiger partial charge in [0.2, 0.25) is 0 Å². The van der Waals surface area contributed by atoms with Crippen molar-refractivity contribution in [3.63, 3.8) is 0 Å². The van der Waals surface area contributed by atoms with Crippen LogP contribution in [-0.2, 0) is 20.0 Å². The van der Waals surface area contributed by atoms with Crippen molar-refractivity contribution >= 4 is 11.6 Å². The van der Waals surface area contributed by atoms with Gasteiger partial charge in [0, 0.05) is 42.3 Å². The zero-order valence-corrected chi connectivity index (χ0v) is 17.8. The number of carbonyl (C=O) groups excluding carboxylic acids is 1. The molecule has 4 heterocycles. The maximum Gasteiger partial charge on any atom is 0.258 e. The zero-order chi connectivity index (χ0) is 22.7. The lowest BCUT2D eigenvalue weighted by molar-refractivity contribution is 0.0734. The lowest BCUT2D eigenvalue weighted by atomic mass is 9.99. The molecule has 0 atom stereocenters. The molecule has 0 saturated carbocycles. The van der Waals surface area contributed by atoms with E-state index in [-0.39, 0.29) is 18.0 Å². The molecule has 0 bridgehead atoms. The molecule has 9 heteroatoms. The van der Waals surface area contributed by atoms with Gasteiger partial charge >= 0.3 is 0 Å². The highest BCUT2D eigenvalue weighted by molar-refractivity contribution is 6.00. The molecule has 0 unspecified atom stereocenters. The molecule has 0 aliphatic carbocycles. The molecular formula is C23H20F3N5O. The van der Waals surface area contributed by atoms with Gasteiger partial charge in [-0.15, -0.1) is 0 Å². The molecule has 4 aromatic rings. The number of amides is 1. The monoisotopic (exact) mass is 439 g/mol. The number of fused-ring (bicyclic) bond motifs is 2. The van der Waals surface area contributed by atoms with Crippen molar-refractivity contribution in [1.29, 1.82) is 0 Å². The number of hydrogen-bond acceptors (Lipinski definition) is 3. The Morgan fingerprint density at radius 1 is 1.09 bits per heavy atom. The average Bonchev–Trinajstić information content (AvgIpc) is 3.30. The van der Waals surface area contributed by atoms with E-state index in [4.69, 9.17) is 0 Å². The maximum atomic E-state index is 13.8. The fraction of sp³-hybridized carbons (Fsp3) is 0.261. The van der Waals surface area contributed by atoms with Crippen LogP contribution in [-0.4, -0.2) is 36.5 Å². The van der Waals surface area contributed by atoms with Crippen molar-refractivity contribution < 1.29 is 18.0 Å². The number of aryl methyl sites for hydroxylation is 3. The summed E-state index contributed by atoms with van der Waals surface area (Å²) in [6.45, 7) is 4.52. The van der Waals surface area contributed by atoms with Gasteiger partial charge in [0.15, 0.2) is 17.5 Å². The van der Waals surface area contributed by atoms with Crippen molar-refractivity contribution in [1.82, 2.24) is 24.1 Å². The minimum Gasteiger partial charge on any atom is -0.332 e. The zero-order valence-electron chi connectivity index (χ0n) is 17.8. The lowest BCUT2D eigenvalue weighted by Crippen LogP contribution is -2.36. The Balaban J connectivity index is 1.49. The van der Waals surface area contributed by atoms with Crippen LogP contribution in [0.1, 0.15) is 33.0 Å². The number of rotatable bonds is 2. The first kappa shape index (κ1) is 20.3. The predicted octanol–water partition coefficient (Wildman–Crippen LogP) is 3.97. The summed E-state index contributed by atoms with van der Waals surface area (Å²) in [5.74, 6) is -4.15. The molecule has 1 amide bonds. The Bertz CT molecular complexity index is 1380. The van der Waals surface area contributed by atoms with Gasteiger partial charge in [-0.3, -0.25) is 9.48 Å². The van der Waals surface area contributed by atoms with Gasteiger partial charge in [0.1, 0.15) is 5.65 Å². The average molecular weight is 439 g/mol. The Kier molecular flexibility index (Phi) is 4.58. The van der Waals surface area contributed by atoms with Crippen LogP contribution in [0.2, 0.25) is 0 Å². The summed E-state index contributed by atoms with van der Waals surface area (Å²) in [7, 11) is 1.66. The van der Waals surface area contributed by atoms with Crippen molar-refractivity contribution in [3.05, 3.63) is 76.1 Å². The van der Waals surface area contributed by atoms with Crippen LogP contribution in [0.4, 0.5) is 13.2 Å². The van der Waals surface area contributed by atoms with Crippen LogP contribution in [0.25, 0.3) is 16.9 Å². The summed E-state index contributed by atoms with van der Waals surface area (Å²) in [6.07, 6.45) is 2.29. The minimum atomic E-state index is -1.50. The van der Waals surface area contributed by atoms with E-state index in [2.05, 4.69) is 10.1 Å². The number of nitrogens with zero attached hydrogens (tertiary/aromatic N) is 5. The van der Waals surface area contributed by atoms with E-state index in [1.54, 1.807) is 18.0 Å². The molecule has 0 radical (unpaired) electrons. The number of carbonyl (C=O) groups is 1. The molecule has 1 aliphatic rings. The third-order valence-corrected chi connectivity index (χ3v) is 5.92. The Hall–Kier alpha value is -3.62. The van der Waals surface area contributed by atoms with Gasteiger partial charge in [0.25, 0.3) is 5.91 Å². The molecule has 164 valence electrons. The second-order valence-corrected chi connectivity index (χ2v) is 8.09. The summed E-state index contributed by atoms with van der Waals surface area (Å²) in [4.78, 5) is 19.5. The topological polar surface area (TPSA) is 55.4 Å². The molecule has 5 rings (SSSR count). The van der Waals surface area contributed by atoms with Crippen molar-refractivity contribution in [3.8, 4) is 11.3 Å². The van der Waals surface area contributed by atoms with E-state index in [1.165, 1.54) is 4.68 Å². The van der Waals surface area contributed by atoms with E-state index >= 15 is 0 Å². The van der Waals surface area contributed by atoms with E-state index in [9.17, 15) is 18.0 Å². The second-order valence-electron chi connectivity index (χ2n) is 8.09. The second kappa shape index (κ2) is 7.22. The summed E-state index contributed by atoms with van der Waals surface area (Å²) in [6, 6.07) is 5.65. The first-order valence-corrected chi connectivity index (χ1v) is 10.2. The molecule has 6 nitrogen and oxygen atoms in total. The fourth-order valence-corrected chi connectivity index (χ4v) is 4.48. The van der Waals surface area contributed by atoms with Crippen LogP contribution in [0.5, 0.6) is 0 Å². The van der Waals surface area contributed by atoms with Gasteiger partial charge in [-0.2, -0.15) is 5.10 Å². The highest BCUT2D eigenvalue weighted by Gasteiger charge is 2.29. The van der Waals surface area contributed by atoms with Crippen LogP contribution < -0.4 is 0 Å². The molecule has 32 heavy (non-hydrogen) atoms. The van der Waals surface area contributed by atoms with Crippen LogP contribution in [0, 0.1) is 31.3 Å². The molecule has 0 N–H and O–H groups in total. The molecular weight excluding hydrogens is 419 g/mol. The van der Waals surface area contributed by atoms with Gasteiger partial charge in [0.05, 0.1) is 23.5 Å². The standard InChI is InChI=1S/C23H20F3N5O/c1-12-8-13(2)31-7-5-16(22(31)27-12)23(32)30-6-4-15-19(11-30)28-29(3)21(15)14-9-17(24)20(26)18(25)10-14/h5,7-10H,4,6,11H2,1-3H3. The quantitative estimate of drug-likeness (QED) is 0.444. The first-order chi connectivity index (χ1) is 15.2. The largest absolute Gasteiger partial charge is 0.332 e. The number of aromatic nitrogens is 4. The smallest absolute Gasteiger partial charge is 0.258 e. The van der Waals surface area contributed by atoms with Crippen LogP contribution in [0.3, 0.4) is 0 Å². The van der Waals surface area contributed by atoms with Crippen LogP contribution >= 0.6 is 0 Å². The highest BCUT2D eigenvalue weighted by atomic mass is 19.2. The molecule has 1 aromatic carbocycles. The highest BCUT2D eigenvalue weighted by Crippen LogP contribution is 2.32. The number of hydrogen-bond donors (Lipinski definition) is 0. The Labute approximate surface area is 181 Å². The van der Waals surface area contributed by atoms with Crippen LogP contribution in [0.15, 0.2) is 30.5 Å². The fourth-order valence-electron chi connectivity index (χ4n) is 4.48. The summed E-state index contributed by atoms with van der Waals surface area (Å²) in [5, 5.41) is 4.48. The first-order valence-electron chi connectivity index (χ1n) is 10.2. The van der Waals surface area contributed by atoms with Gasteiger partial charge in [-0.25, -0.2) is 18.2 Å². The summed E-state index contributed by atoms with van der Waals surface area (Å²) < 4.78 is 44.4. The molecule has 1 aliphatic heterocycles. The van der Waals surface area contributed by atoms with Crippen molar-refractivity contribution in [2.75, 3.05) is 6.54 Å². The lowest BCUT2D eigenvalue weighted by Gasteiger charge is -2.26. The van der Waals surface area contributed by atoms with Gasteiger partial charge in [-0.05, 0) is 44.5 Å².